The highest BCUT2D eigenvalue weighted by molar-refractivity contribution is 5.94. The van der Waals surface area contributed by atoms with Gasteiger partial charge in [-0.25, -0.2) is 0 Å². The second kappa shape index (κ2) is 7.29. The molecule has 0 aliphatic carbocycles. The van der Waals surface area contributed by atoms with Crippen LogP contribution in [0.5, 0.6) is 5.75 Å². The van der Waals surface area contributed by atoms with Crippen LogP contribution in [0.1, 0.15) is 36.5 Å². The van der Waals surface area contributed by atoms with Gasteiger partial charge in [0, 0.05) is 24.7 Å². The summed E-state index contributed by atoms with van der Waals surface area (Å²) in [5.41, 5.74) is 0.718. The smallest absolute Gasteiger partial charge is 0.254 e. The van der Waals surface area contributed by atoms with E-state index in [2.05, 4.69) is 12.2 Å². The van der Waals surface area contributed by atoms with Crippen LogP contribution in [0, 0.1) is 0 Å². The molecule has 1 aromatic rings. The summed E-state index contributed by atoms with van der Waals surface area (Å²) in [4.78, 5) is 14.5. The van der Waals surface area contributed by atoms with Gasteiger partial charge >= 0.3 is 0 Å². The van der Waals surface area contributed by atoms with Crippen LogP contribution in [-0.2, 0) is 0 Å². The fourth-order valence-corrected chi connectivity index (χ4v) is 2.52. The number of carbonyl (C=O) groups is 1. The molecule has 1 aliphatic heterocycles. The first kappa shape index (κ1) is 14.9. The minimum absolute atomic E-state index is 0.104. The molecule has 0 saturated carbocycles. The maximum Gasteiger partial charge on any atom is 0.254 e. The van der Waals surface area contributed by atoms with E-state index in [1.165, 1.54) is 0 Å². The second-order valence-electron chi connectivity index (χ2n) is 5.26. The minimum Gasteiger partial charge on any atom is -0.494 e. The van der Waals surface area contributed by atoms with Crippen LogP contribution in [0.25, 0.3) is 0 Å². The number of likely N-dealkylation sites (N-methyl/N-ethyl adjacent to an activating group) is 1. The Balaban J connectivity index is 2.04. The summed E-state index contributed by atoms with van der Waals surface area (Å²) in [6, 6.07) is 7.91. The van der Waals surface area contributed by atoms with E-state index in [9.17, 15) is 4.79 Å². The van der Waals surface area contributed by atoms with Gasteiger partial charge in [-0.15, -0.1) is 0 Å². The highest BCUT2D eigenvalue weighted by Crippen LogP contribution is 2.18. The first-order chi connectivity index (χ1) is 9.74. The summed E-state index contributed by atoms with van der Waals surface area (Å²) >= 11 is 0. The lowest BCUT2D eigenvalue weighted by Crippen LogP contribution is -2.46. The molecule has 1 aromatic carbocycles. The zero-order chi connectivity index (χ0) is 14.4. The highest BCUT2D eigenvalue weighted by atomic mass is 16.5. The van der Waals surface area contributed by atoms with E-state index >= 15 is 0 Å². The summed E-state index contributed by atoms with van der Waals surface area (Å²) < 4.78 is 5.59. The van der Waals surface area contributed by atoms with E-state index in [0.29, 0.717) is 12.6 Å². The molecule has 1 aliphatic rings. The number of hydrogen-bond acceptors (Lipinski definition) is 3. The number of amides is 1. The molecule has 20 heavy (non-hydrogen) atoms. The molecule has 1 saturated heterocycles. The average Bonchev–Trinajstić information content (AvgIpc) is 2.52. The van der Waals surface area contributed by atoms with Gasteiger partial charge in [0.1, 0.15) is 5.75 Å². The number of ether oxygens (including phenoxy) is 1. The van der Waals surface area contributed by atoms with Crippen LogP contribution < -0.4 is 10.1 Å². The number of nitrogens with one attached hydrogen (secondary N) is 1. The molecule has 1 fully saturated rings. The van der Waals surface area contributed by atoms with E-state index in [-0.39, 0.29) is 5.91 Å². The number of benzene rings is 1. The zero-order valence-electron chi connectivity index (χ0n) is 12.4. The third-order valence-corrected chi connectivity index (χ3v) is 3.67. The Hall–Kier alpha value is -1.55. The van der Waals surface area contributed by atoms with Crippen LogP contribution in [0.2, 0.25) is 0 Å². The van der Waals surface area contributed by atoms with E-state index in [1.54, 1.807) is 0 Å². The number of likely N-dealkylation sites (tertiary alicyclic amines) is 1. The van der Waals surface area contributed by atoms with Crippen molar-refractivity contribution in [3.63, 3.8) is 0 Å². The first-order valence-electron chi connectivity index (χ1n) is 7.44. The van der Waals surface area contributed by atoms with Crippen LogP contribution >= 0.6 is 0 Å². The molecule has 4 nitrogen and oxygen atoms in total. The van der Waals surface area contributed by atoms with Gasteiger partial charge in [0.25, 0.3) is 5.91 Å². The Morgan fingerprint density at radius 3 is 3.10 bits per heavy atom. The number of rotatable bonds is 5. The highest BCUT2D eigenvalue weighted by Gasteiger charge is 2.23. The van der Waals surface area contributed by atoms with Crippen molar-refractivity contribution in [1.29, 1.82) is 0 Å². The monoisotopic (exact) mass is 276 g/mol. The maximum atomic E-state index is 12.5. The summed E-state index contributed by atoms with van der Waals surface area (Å²) in [6.45, 7) is 4.39. The van der Waals surface area contributed by atoms with Crippen molar-refractivity contribution in [2.24, 2.45) is 0 Å². The van der Waals surface area contributed by atoms with Gasteiger partial charge in [0.2, 0.25) is 0 Å². The number of piperidine rings is 1. The molecule has 0 radical (unpaired) electrons. The molecule has 1 amide bonds. The standard InChI is InChI=1S/C16H24N2O2/c1-3-10-20-15-8-4-6-13(11-15)16(19)18-9-5-7-14(12-18)17-2/h4,6,8,11,14,17H,3,5,7,9-10,12H2,1-2H3. The largest absolute Gasteiger partial charge is 0.494 e. The van der Waals surface area contributed by atoms with Crippen molar-refractivity contribution in [1.82, 2.24) is 10.2 Å². The molecule has 2 rings (SSSR count). The fraction of sp³-hybridized carbons (Fsp3) is 0.562. The van der Waals surface area contributed by atoms with Gasteiger partial charge in [0.05, 0.1) is 6.61 Å². The quantitative estimate of drug-likeness (QED) is 0.897. The normalized spacial score (nSPS) is 18.9. The van der Waals surface area contributed by atoms with Crippen LogP contribution in [-0.4, -0.2) is 43.6 Å². The molecule has 1 N–H and O–H groups in total. The topological polar surface area (TPSA) is 41.6 Å². The van der Waals surface area contributed by atoms with Crippen molar-refractivity contribution in [3.05, 3.63) is 29.8 Å². The summed E-state index contributed by atoms with van der Waals surface area (Å²) in [7, 11) is 1.96. The van der Waals surface area contributed by atoms with Gasteiger partial charge in [-0.2, -0.15) is 0 Å². The Morgan fingerprint density at radius 2 is 2.35 bits per heavy atom. The maximum absolute atomic E-state index is 12.5. The molecule has 0 aromatic heterocycles. The van der Waals surface area contributed by atoms with Gasteiger partial charge in [-0.1, -0.05) is 13.0 Å². The van der Waals surface area contributed by atoms with Crippen molar-refractivity contribution < 1.29 is 9.53 Å². The second-order valence-corrected chi connectivity index (χ2v) is 5.26. The molecule has 0 spiro atoms. The third kappa shape index (κ3) is 3.73. The van der Waals surface area contributed by atoms with Gasteiger partial charge in [0.15, 0.2) is 0 Å². The summed E-state index contributed by atoms with van der Waals surface area (Å²) in [5, 5.41) is 3.26. The predicted octanol–water partition coefficient (Wildman–Crippen LogP) is 2.30. The number of carbonyl (C=O) groups excluding carboxylic acids is 1. The fourth-order valence-electron chi connectivity index (χ4n) is 2.52. The van der Waals surface area contributed by atoms with E-state index in [1.807, 2.05) is 36.2 Å². The molecular weight excluding hydrogens is 252 g/mol. The molecule has 110 valence electrons. The van der Waals surface area contributed by atoms with Gasteiger partial charge < -0.3 is 15.0 Å². The summed E-state index contributed by atoms with van der Waals surface area (Å²) in [6.07, 6.45) is 3.16. The number of hydrogen-bond donors (Lipinski definition) is 1. The van der Waals surface area contributed by atoms with Crippen LogP contribution in [0.4, 0.5) is 0 Å². The molecule has 1 heterocycles. The lowest BCUT2D eigenvalue weighted by Gasteiger charge is -2.32. The summed E-state index contributed by atoms with van der Waals surface area (Å²) in [5.74, 6) is 0.881. The Kier molecular flexibility index (Phi) is 5.41. The van der Waals surface area contributed by atoms with E-state index in [4.69, 9.17) is 4.74 Å². The molecule has 1 unspecified atom stereocenters. The van der Waals surface area contributed by atoms with Crippen molar-refractivity contribution >= 4 is 5.91 Å². The lowest BCUT2D eigenvalue weighted by molar-refractivity contribution is 0.0697. The molecule has 4 heteroatoms. The van der Waals surface area contributed by atoms with Gasteiger partial charge in [-0.05, 0) is 44.5 Å². The first-order valence-corrected chi connectivity index (χ1v) is 7.44. The van der Waals surface area contributed by atoms with E-state index < -0.39 is 0 Å². The van der Waals surface area contributed by atoms with E-state index in [0.717, 1.165) is 43.7 Å². The Labute approximate surface area is 121 Å². The zero-order valence-corrected chi connectivity index (χ0v) is 12.4. The van der Waals surface area contributed by atoms with Gasteiger partial charge in [-0.3, -0.25) is 4.79 Å². The SMILES string of the molecule is CCCOc1cccc(C(=O)N2CCCC(NC)C2)c1. The van der Waals surface area contributed by atoms with Crippen LogP contribution in [0.15, 0.2) is 24.3 Å². The number of nitrogens with zero attached hydrogens (tertiary/aromatic N) is 1. The van der Waals surface area contributed by atoms with Crippen molar-refractivity contribution in [3.8, 4) is 5.75 Å². The minimum atomic E-state index is 0.104. The molecule has 1 atom stereocenters. The average molecular weight is 276 g/mol. The van der Waals surface area contributed by atoms with Crippen molar-refractivity contribution in [2.45, 2.75) is 32.2 Å². The Bertz CT molecular complexity index is 448. The lowest BCUT2D eigenvalue weighted by atomic mass is 10.0. The molecule has 0 bridgehead atoms. The van der Waals surface area contributed by atoms with Crippen LogP contribution in [0.3, 0.4) is 0 Å². The Morgan fingerprint density at radius 1 is 1.50 bits per heavy atom. The molecular formula is C16H24N2O2. The predicted molar refractivity (Wildman–Crippen MR) is 80.2 cm³/mol. The third-order valence-electron chi connectivity index (χ3n) is 3.67. The van der Waals surface area contributed by atoms with Crippen molar-refractivity contribution in [2.75, 3.05) is 26.7 Å².